The van der Waals surface area contributed by atoms with Crippen LogP contribution in [-0.4, -0.2) is 15.7 Å². The molecule has 1 aromatic heterocycles. The van der Waals surface area contributed by atoms with Crippen molar-refractivity contribution in [1.82, 2.24) is 9.78 Å². The van der Waals surface area contributed by atoms with Crippen LogP contribution in [0.4, 0.5) is 5.69 Å². The van der Waals surface area contributed by atoms with Gasteiger partial charge in [0.2, 0.25) is 5.91 Å². The zero-order valence-electron chi connectivity index (χ0n) is 12.3. The summed E-state index contributed by atoms with van der Waals surface area (Å²) in [7, 11) is 1.94. The van der Waals surface area contributed by atoms with Crippen LogP contribution < -0.4 is 11.1 Å². The highest BCUT2D eigenvalue weighted by Gasteiger charge is 2.16. The van der Waals surface area contributed by atoms with E-state index in [0.29, 0.717) is 5.56 Å². The topological polar surface area (TPSA) is 72.9 Å². The molecule has 0 aliphatic heterocycles. The predicted molar refractivity (Wildman–Crippen MR) is 79.7 cm³/mol. The first-order chi connectivity index (χ1) is 9.40. The fraction of sp³-hybridized carbons (Fsp3) is 0.333. The smallest absolute Gasteiger partial charge is 0.248 e. The quantitative estimate of drug-likeness (QED) is 0.897. The van der Waals surface area contributed by atoms with E-state index in [2.05, 4.69) is 17.3 Å². The highest BCUT2D eigenvalue weighted by Crippen LogP contribution is 2.25. The summed E-state index contributed by atoms with van der Waals surface area (Å²) in [5.41, 5.74) is 9.99. The lowest BCUT2D eigenvalue weighted by Crippen LogP contribution is -2.13. The number of aromatic nitrogens is 2. The third kappa shape index (κ3) is 2.66. The number of nitrogens with two attached hydrogens (primary N) is 1. The minimum absolute atomic E-state index is 0.104. The van der Waals surface area contributed by atoms with Crippen LogP contribution >= 0.6 is 0 Å². The van der Waals surface area contributed by atoms with E-state index in [1.54, 1.807) is 12.1 Å². The Kier molecular flexibility index (Phi) is 3.79. The maximum Gasteiger partial charge on any atom is 0.248 e. The Hall–Kier alpha value is -2.30. The molecule has 20 heavy (non-hydrogen) atoms. The van der Waals surface area contributed by atoms with Gasteiger partial charge in [0.05, 0.1) is 11.7 Å². The third-order valence-electron chi connectivity index (χ3n) is 3.53. The lowest BCUT2D eigenvalue weighted by molar-refractivity contribution is 0.100. The molecule has 0 saturated heterocycles. The number of anilines is 1. The minimum Gasteiger partial charge on any atom is -0.378 e. The molecule has 0 aliphatic rings. The number of carbonyl (C=O) groups is 1. The van der Waals surface area contributed by atoms with Crippen molar-refractivity contribution in [1.29, 1.82) is 0 Å². The van der Waals surface area contributed by atoms with Crippen molar-refractivity contribution in [3.63, 3.8) is 0 Å². The van der Waals surface area contributed by atoms with Crippen LogP contribution in [-0.2, 0) is 7.05 Å². The standard InChI is InChI=1S/C15H20N4O/c1-9(14-10(2)18-19(4)11(14)3)17-13-7-5-6-12(8-13)15(16)20/h5-9,17H,1-4H3,(H2,16,20). The Balaban J connectivity index is 2.25. The van der Waals surface area contributed by atoms with Gasteiger partial charge >= 0.3 is 0 Å². The number of hydrogen-bond donors (Lipinski definition) is 2. The molecule has 0 spiro atoms. The fourth-order valence-electron chi connectivity index (χ4n) is 2.50. The zero-order chi connectivity index (χ0) is 14.9. The number of nitrogens with one attached hydrogen (secondary N) is 1. The van der Waals surface area contributed by atoms with Gasteiger partial charge in [0.25, 0.3) is 0 Å². The second-order valence-corrected chi connectivity index (χ2v) is 5.02. The Morgan fingerprint density at radius 2 is 2.10 bits per heavy atom. The SMILES string of the molecule is Cc1nn(C)c(C)c1C(C)Nc1cccc(C(N)=O)c1. The van der Waals surface area contributed by atoms with Gasteiger partial charge in [-0.05, 0) is 39.0 Å². The normalized spacial score (nSPS) is 12.2. The second kappa shape index (κ2) is 5.36. The second-order valence-electron chi connectivity index (χ2n) is 5.02. The molecule has 0 bridgehead atoms. The monoisotopic (exact) mass is 272 g/mol. The molecule has 0 saturated carbocycles. The van der Waals surface area contributed by atoms with Crippen molar-refractivity contribution in [3.8, 4) is 0 Å². The van der Waals surface area contributed by atoms with Crippen molar-refractivity contribution in [3.05, 3.63) is 46.8 Å². The molecule has 2 aromatic rings. The van der Waals surface area contributed by atoms with Crippen LogP contribution in [0.3, 0.4) is 0 Å². The minimum atomic E-state index is -0.421. The average molecular weight is 272 g/mol. The molecule has 0 radical (unpaired) electrons. The molecule has 0 fully saturated rings. The van der Waals surface area contributed by atoms with Crippen LogP contribution in [0.5, 0.6) is 0 Å². The van der Waals surface area contributed by atoms with Gasteiger partial charge in [0.15, 0.2) is 0 Å². The Morgan fingerprint density at radius 1 is 1.40 bits per heavy atom. The number of nitrogens with zero attached hydrogens (tertiary/aromatic N) is 2. The molecule has 5 nitrogen and oxygen atoms in total. The van der Waals surface area contributed by atoms with E-state index in [4.69, 9.17) is 5.73 Å². The number of aryl methyl sites for hydroxylation is 2. The Bertz CT molecular complexity index is 645. The van der Waals surface area contributed by atoms with Crippen LogP contribution in [0, 0.1) is 13.8 Å². The van der Waals surface area contributed by atoms with E-state index in [1.807, 2.05) is 37.7 Å². The Morgan fingerprint density at radius 3 is 2.65 bits per heavy atom. The molecule has 1 heterocycles. The van der Waals surface area contributed by atoms with Crippen molar-refractivity contribution in [2.24, 2.45) is 12.8 Å². The van der Waals surface area contributed by atoms with Crippen molar-refractivity contribution in [2.75, 3.05) is 5.32 Å². The van der Waals surface area contributed by atoms with Gasteiger partial charge in [-0.1, -0.05) is 6.07 Å². The van der Waals surface area contributed by atoms with E-state index in [-0.39, 0.29) is 6.04 Å². The van der Waals surface area contributed by atoms with Gasteiger partial charge in [-0.2, -0.15) is 5.10 Å². The zero-order valence-corrected chi connectivity index (χ0v) is 12.3. The summed E-state index contributed by atoms with van der Waals surface area (Å²) in [5.74, 6) is -0.421. The number of carbonyl (C=O) groups excluding carboxylic acids is 1. The van der Waals surface area contributed by atoms with Gasteiger partial charge in [-0.3, -0.25) is 9.48 Å². The molecule has 1 unspecified atom stereocenters. The summed E-state index contributed by atoms with van der Waals surface area (Å²) >= 11 is 0. The summed E-state index contributed by atoms with van der Waals surface area (Å²) in [6.07, 6.45) is 0. The van der Waals surface area contributed by atoms with E-state index >= 15 is 0 Å². The summed E-state index contributed by atoms with van der Waals surface area (Å²) in [4.78, 5) is 11.2. The van der Waals surface area contributed by atoms with Gasteiger partial charge in [0, 0.05) is 29.6 Å². The van der Waals surface area contributed by atoms with Crippen molar-refractivity contribution < 1.29 is 4.79 Å². The lowest BCUT2D eigenvalue weighted by Gasteiger charge is -2.16. The van der Waals surface area contributed by atoms with Crippen LogP contribution in [0.25, 0.3) is 0 Å². The summed E-state index contributed by atoms with van der Waals surface area (Å²) < 4.78 is 1.88. The van der Waals surface area contributed by atoms with E-state index in [1.165, 1.54) is 5.56 Å². The molecule has 5 heteroatoms. The summed E-state index contributed by atoms with van der Waals surface area (Å²) in [6, 6.07) is 7.31. The first kappa shape index (κ1) is 14.1. The molecule has 1 aromatic carbocycles. The van der Waals surface area contributed by atoms with Crippen molar-refractivity contribution in [2.45, 2.75) is 26.8 Å². The molecule has 2 rings (SSSR count). The van der Waals surface area contributed by atoms with Crippen molar-refractivity contribution >= 4 is 11.6 Å². The highest BCUT2D eigenvalue weighted by atomic mass is 16.1. The lowest BCUT2D eigenvalue weighted by atomic mass is 10.1. The van der Waals surface area contributed by atoms with E-state index in [0.717, 1.165) is 17.1 Å². The fourth-order valence-corrected chi connectivity index (χ4v) is 2.50. The third-order valence-corrected chi connectivity index (χ3v) is 3.53. The van der Waals surface area contributed by atoms with Gasteiger partial charge in [-0.15, -0.1) is 0 Å². The molecule has 0 aliphatic carbocycles. The van der Waals surface area contributed by atoms with Gasteiger partial charge < -0.3 is 11.1 Å². The predicted octanol–water partition coefficient (Wildman–Crippen LogP) is 2.31. The number of benzene rings is 1. The largest absolute Gasteiger partial charge is 0.378 e. The van der Waals surface area contributed by atoms with E-state index < -0.39 is 5.91 Å². The number of rotatable bonds is 4. The highest BCUT2D eigenvalue weighted by molar-refractivity contribution is 5.93. The Labute approximate surface area is 118 Å². The number of primary amides is 1. The van der Waals surface area contributed by atoms with Crippen LogP contribution in [0.15, 0.2) is 24.3 Å². The number of amides is 1. The van der Waals surface area contributed by atoms with Gasteiger partial charge in [-0.25, -0.2) is 0 Å². The van der Waals surface area contributed by atoms with E-state index in [9.17, 15) is 4.79 Å². The number of hydrogen-bond acceptors (Lipinski definition) is 3. The summed E-state index contributed by atoms with van der Waals surface area (Å²) in [5, 5.41) is 7.81. The average Bonchev–Trinajstić information content (AvgIpc) is 2.63. The molecule has 1 atom stereocenters. The maximum atomic E-state index is 11.2. The molecule has 1 amide bonds. The molecular weight excluding hydrogens is 252 g/mol. The van der Waals surface area contributed by atoms with Crippen LogP contribution in [0.2, 0.25) is 0 Å². The van der Waals surface area contributed by atoms with Crippen LogP contribution in [0.1, 0.15) is 40.3 Å². The first-order valence-corrected chi connectivity index (χ1v) is 6.56. The molecule has 106 valence electrons. The molecular formula is C15H20N4O. The van der Waals surface area contributed by atoms with Gasteiger partial charge in [0.1, 0.15) is 0 Å². The maximum absolute atomic E-state index is 11.2. The summed E-state index contributed by atoms with van der Waals surface area (Å²) in [6.45, 7) is 6.13. The molecule has 3 N–H and O–H groups in total. The first-order valence-electron chi connectivity index (χ1n) is 6.56.